The third kappa shape index (κ3) is 4.20. The molecule has 1 aromatic carbocycles. The molecular formula is C16H26N2O2S. The lowest BCUT2D eigenvalue weighted by Crippen LogP contribution is -2.38. The quantitative estimate of drug-likeness (QED) is 0.821. The normalized spacial score (nSPS) is 15.3. The van der Waals surface area contributed by atoms with E-state index >= 15 is 0 Å². The molecule has 21 heavy (non-hydrogen) atoms. The van der Waals surface area contributed by atoms with Crippen molar-refractivity contribution in [1.29, 1.82) is 0 Å². The fourth-order valence-electron chi connectivity index (χ4n) is 2.74. The van der Waals surface area contributed by atoms with Crippen LogP contribution in [0.5, 0.6) is 0 Å². The van der Waals surface area contributed by atoms with Gasteiger partial charge >= 0.3 is 0 Å². The van der Waals surface area contributed by atoms with Crippen LogP contribution in [0.2, 0.25) is 0 Å². The van der Waals surface area contributed by atoms with Crippen LogP contribution in [-0.4, -0.2) is 33.3 Å². The Morgan fingerprint density at radius 3 is 2.81 bits per heavy atom. The van der Waals surface area contributed by atoms with Crippen molar-refractivity contribution < 1.29 is 8.42 Å². The molecule has 1 N–H and O–H groups in total. The maximum Gasteiger partial charge on any atom is 0.235 e. The predicted molar refractivity (Wildman–Crippen MR) is 88.4 cm³/mol. The van der Waals surface area contributed by atoms with Crippen LogP contribution in [-0.2, 0) is 16.4 Å². The van der Waals surface area contributed by atoms with Crippen LogP contribution < -0.4 is 9.62 Å². The summed E-state index contributed by atoms with van der Waals surface area (Å²) in [4.78, 5) is 0. The van der Waals surface area contributed by atoms with E-state index in [0.717, 1.165) is 30.6 Å². The van der Waals surface area contributed by atoms with Gasteiger partial charge in [0.2, 0.25) is 10.0 Å². The van der Waals surface area contributed by atoms with E-state index in [1.165, 1.54) is 5.56 Å². The topological polar surface area (TPSA) is 49.4 Å². The number of sulfonamides is 1. The first-order valence-electron chi connectivity index (χ1n) is 7.73. The monoisotopic (exact) mass is 310 g/mol. The Kier molecular flexibility index (Phi) is 5.27. The van der Waals surface area contributed by atoms with Gasteiger partial charge in [-0.25, -0.2) is 8.42 Å². The van der Waals surface area contributed by atoms with E-state index in [2.05, 4.69) is 25.2 Å². The van der Waals surface area contributed by atoms with Gasteiger partial charge in [0.05, 0.1) is 11.4 Å². The number of nitrogens with one attached hydrogen (secondary N) is 1. The van der Waals surface area contributed by atoms with Crippen molar-refractivity contribution in [3.8, 4) is 0 Å². The zero-order valence-corrected chi connectivity index (χ0v) is 14.0. The Labute approximate surface area is 128 Å². The molecular weight excluding hydrogens is 284 g/mol. The average Bonchev–Trinajstić information content (AvgIpc) is 2.42. The summed E-state index contributed by atoms with van der Waals surface area (Å²) >= 11 is 0. The fourth-order valence-corrected chi connectivity index (χ4v) is 4.35. The zero-order valence-electron chi connectivity index (χ0n) is 13.2. The van der Waals surface area contributed by atoms with Crippen LogP contribution >= 0.6 is 0 Å². The number of fused-ring (bicyclic) bond motifs is 1. The molecule has 0 aromatic heterocycles. The summed E-state index contributed by atoms with van der Waals surface area (Å²) in [6.45, 7) is 7.53. The Morgan fingerprint density at radius 2 is 2.10 bits per heavy atom. The molecule has 1 heterocycles. The smallest absolute Gasteiger partial charge is 0.235 e. The standard InChI is InChI=1S/C16H26N2O2S/c1-13(2)17-9-5-11-21(19,20)18-10-4-6-15-12-14(3)7-8-16(15)18/h7-8,12-13,17H,4-6,9-11H2,1-3H3. The number of aryl methyl sites for hydroxylation is 2. The third-order valence-electron chi connectivity index (χ3n) is 3.78. The lowest BCUT2D eigenvalue weighted by Gasteiger charge is -2.30. The van der Waals surface area contributed by atoms with E-state index in [1.807, 2.05) is 19.1 Å². The molecule has 2 rings (SSSR count). The molecule has 0 saturated heterocycles. The maximum absolute atomic E-state index is 12.6. The second-order valence-electron chi connectivity index (χ2n) is 6.09. The van der Waals surface area contributed by atoms with Crippen molar-refractivity contribution in [3.63, 3.8) is 0 Å². The van der Waals surface area contributed by atoms with Crippen molar-refractivity contribution in [1.82, 2.24) is 5.32 Å². The van der Waals surface area contributed by atoms with Crippen LogP contribution in [0.1, 0.15) is 37.8 Å². The molecule has 1 aromatic rings. The highest BCUT2D eigenvalue weighted by Gasteiger charge is 2.26. The van der Waals surface area contributed by atoms with Crippen LogP contribution in [0, 0.1) is 6.92 Å². The highest BCUT2D eigenvalue weighted by atomic mass is 32.2. The minimum Gasteiger partial charge on any atom is -0.314 e. The first-order valence-corrected chi connectivity index (χ1v) is 9.34. The summed E-state index contributed by atoms with van der Waals surface area (Å²) in [5, 5.41) is 3.26. The Bertz CT molecular complexity index is 582. The van der Waals surface area contributed by atoms with Gasteiger partial charge in [0.15, 0.2) is 0 Å². The summed E-state index contributed by atoms with van der Waals surface area (Å²) in [5.74, 6) is 0.208. The molecule has 0 amide bonds. The molecule has 5 heteroatoms. The van der Waals surface area contributed by atoms with E-state index in [0.29, 0.717) is 19.0 Å². The lowest BCUT2D eigenvalue weighted by atomic mass is 10.0. The van der Waals surface area contributed by atoms with Gasteiger partial charge < -0.3 is 5.32 Å². The lowest BCUT2D eigenvalue weighted by molar-refractivity contribution is 0.564. The van der Waals surface area contributed by atoms with E-state index < -0.39 is 10.0 Å². The van der Waals surface area contributed by atoms with Crippen LogP contribution in [0.15, 0.2) is 18.2 Å². The van der Waals surface area contributed by atoms with E-state index in [-0.39, 0.29) is 5.75 Å². The van der Waals surface area contributed by atoms with Gasteiger partial charge in [-0.2, -0.15) is 0 Å². The molecule has 0 aliphatic carbocycles. The average molecular weight is 310 g/mol. The van der Waals surface area contributed by atoms with Crippen molar-refractivity contribution in [3.05, 3.63) is 29.3 Å². The van der Waals surface area contributed by atoms with Gasteiger partial charge in [-0.05, 0) is 44.4 Å². The zero-order chi connectivity index (χ0) is 15.5. The number of rotatable bonds is 6. The minimum atomic E-state index is -3.21. The summed E-state index contributed by atoms with van der Waals surface area (Å²) in [5.41, 5.74) is 3.22. The first-order chi connectivity index (χ1) is 9.90. The number of nitrogens with zero attached hydrogens (tertiary/aromatic N) is 1. The first kappa shape index (κ1) is 16.3. The molecule has 0 bridgehead atoms. The molecule has 4 nitrogen and oxygen atoms in total. The van der Waals surface area contributed by atoms with Crippen molar-refractivity contribution in [2.75, 3.05) is 23.1 Å². The predicted octanol–water partition coefficient (Wildman–Crippen LogP) is 2.47. The molecule has 0 fully saturated rings. The summed E-state index contributed by atoms with van der Waals surface area (Å²) in [7, 11) is -3.21. The fraction of sp³-hybridized carbons (Fsp3) is 0.625. The van der Waals surface area contributed by atoms with Crippen molar-refractivity contribution in [2.24, 2.45) is 0 Å². The highest BCUT2D eigenvalue weighted by molar-refractivity contribution is 7.92. The van der Waals surface area contributed by atoms with Gasteiger partial charge in [0.1, 0.15) is 0 Å². The Balaban J connectivity index is 2.08. The third-order valence-corrected chi connectivity index (χ3v) is 5.63. The molecule has 0 radical (unpaired) electrons. The van der Waals surface area contributed by atoms with Gasteiger partial charge in [-0.3, -0.25) is 4.31 Å². The van der Waals surface area contributed by atoms with Gasteiger partial charge in [0.25, 0.3) is 0 Å². The van der Waals surface area contributed by atoms with Gasteiger partial charge in [-0.1, -0.05) is 31.5 Å². The molecule has 1 aliphatic rings. The SMILES string of the molecule is Cc1ccc2c(c1)CCCN2S(=O)(=O)CCCNC(C)C. The largest absolute Gasteiger partial charge is 0.314 e. The number of hydrogen-bond acceptors (Lipinski definition) is 3. The number of hydrogen-bond donors (Lipinski definition) is 1. The van der Waals surface area contributed by atoms with Crippen LogP contribution in [0.3, 0.4) is 0 Å². The Morgan fingerprint density at radius 1 is 1.33 bits per heavy atom. The second-order valence-corrected chi connectivity index (χ2v) is 8.10. The van der Waals surface area contributed by atoms with Crippen LogP contribution in [0.25, 0.3) is 0 Å². The number of benzene rings is 1. The summed E-state index contributed by atoms with van der Waals surface area (Å²) in [6.07, 6.45) is 2.52. The highest BCUT2D eigenvalue weighted by Crippen LogP contribution is 2.30. The molecule has 118 valence electrons. The Hall–Kier alpha value is -1.07. The van der Waals surface area contributed by atoms with Crippen LogP contribution in [0.4, 0.5) is 5.69 Å². The van der Waals surface area contributed by atoms with E-state index in [4.69, 9.17) is 0 Å². The van der Waals surface area contributed by atoms with Gasteiger partial charge in [0, 0.05) is 12.6 Å². The van der Waals surface area contributed by atoms with Gasteiger partial charge in [-0.15, -0.1) is 0 Å². The second kappa shape index (κ2) is 6.79. The minimum absolute atomic E-state index is 0.208. The molecule has 0 unspecified atom stereocenters. The molecule has 0 atom stereocenters. The summed E-state index contributed by atoms with van der Waals surface area (Å²) < 4.78 is 26.8. The van der Waals surface area contributed by atoms with E-state index in [1.54, 1.807) is 4.31 Å². The van der Waals surface area contributed by atoms with Crippen molar-refractivity contribution >= 4 is 15.7 Å². The molecule has 1 aliphatic heterocycles. The van der Waals surface area contributed by atoms with E-state index in [9.17, 15) is 8.42 Å². The number of anilines is 1. The molecule has 0 spiro atoms. The maximum atomic E-state index is 12.6. The summed E-state index contributed by atoms with van der Waals surface area (Å²) in [6, 6.07) is 6.45. The van der Waals surface area contributed by atoms with Crippen molar-refractivity contribution in [2.45, 2.75) is 46.1 Å². The molecule has 0 saturated carbocycles.